The van der Waals surface area contributed by atoms with Crippen LogP contribution in [0.3, 0.4) is 0 Å². The molecule has 0 bridgehead atoms. The number of esters is 1. The van der Waals surface area contributed by atoms with Gasteiger partial charge in [0.1, 0.15) is 5.75 Å². The first kappa shape index (κ1) is 25.6. The van der Waals surface area contributed by atoms with Crippen molar-refractivity contribution in [2.24, 2.45) is 0 Å². The summed E-state index contributed by atoms with van der Waals surface area (Å²) in [5, 5.41) is 0. The van der Waals surface area contributed by atoms with Gasteiger partial charge in [0.25, 0.3) is 0 Å². The molecule has 0 unspecified atom stereocenters. The standard InChI is InChI=1S/C9H10NO2.2H2O.2Y/c10-7-6-9(11)12-8-4-2-1-3-5-8;;;;/h1-5,10H,6-7H2;2*1H2;;/q-1;;;;. The van der Waals surface area contributed by atoms with E-state index in [9.17, 15) is 4.79 Å². The van der Waals surface area contributed by atoms with Crippen LogP contribution in [-0.2, 0) is 70.2 Å². The summed E-state index contributed by atoms with van der Waals surface area (Å²) in [7, 11) is 0. The van der Waals surface area contributed by atoms with E-state index < -0.39 is 0 Å². The summed E-state index contributed by atoms with van der Waals surface area (Å²) in [6.07, 6.45) is 0.148. The maximum absolute atomic E-state index is 10.9. The maximum Gasteiger partial charge on any atom is 0.309 e. The molecule has 16 heavy (non-hydrogen) atoms. The Morgan fingerprint density at radius 1 is 1.12 bits per heavy atom. The minimum atomic E-state index is -0.351. The number of rotatable bonds is 3. The quantitative estimate of drug-likeness (QED) is 0.559. The molecule has 0 aromatic heterocycles. The molecule has 0 aliphatic carbocycles. The fourth-order valence-electron chi connectivity index (χ4n) is 0.773. The molecule has 0 saturated heterocycles. The molecule has 86 valence electrons. The second-order valence-electron chi connectivity index (χ2n) is 2.29. The summed E-state index contributed by atoms with van der Waals surface area (Å²) in [4.78, 5) is 10.9. The van der Waals surface area contributed by atoms with Crippen molar-refractivity contribution in [1.29, 1.82) is 0 Å². The molecule has 2 radical (unpaired) electrons. The van der Waals surface area contributed by atoms with Gasteiger partial charge in [-0.1, -0.05) is 18.2 Å². The van der Waals surface area contributed by atoms with E-state index in [2.05, 4.69) is 0 Å². The number of carbonyl (C=O) groups excluding carboxylic acids is 1. The first-order chi connectivity index (χ1) is 5.83. The van der Waals surface area contributed by atoms with Crippen molar-refractivity contribution in [2.75, 3.05) is 6.54 Å². The number of nitrogens with one attached hydrogen (secondary N) is 1. The zero-order chi connectivity index (χ0) is 8.81. The van der Waals surface area contributed by atoms with E-state index in [1.54, 1.807) is 24.3 Å². The summed E-state index contributed by atoms with van der Waals surface area (Å²) in [6, 6.07) is 8.86. The molecular weight excluding hydrogens is 364 g/mol. The maximum atomic E-state index is 10.9. The van der Waals surface area contributed by atoms with Crippen molar-refractivity contribution in [3.63, 3.8) is 0 Å². The second kappa shape index (κ2) is 15.8. The minimum absolute atomic E-state index is 0. The fraction of sp³-hybridized carbons (Fsp3) is 0.222. The van der Waals surface area contributed by atoms with Gasteiger partial charge in [0.2, 0.25) is 0 Å². The van der Waals surface area contributed by atoms with E-state index in [1.807, 2.05) is 6.07 Å². The molecule has 1 rings (SSSR count). The Kier molecular flexibility index (Phi) is 25.2. The molecule has 0 aliphatic heterocycles. The van der Waals surface area contributed by atoms with Gasteiger partial charge >= 0.3 is 5.97 Å². The Morgan fingerprint density at radius 2 is 1.62 bits per heavy atom. The number of benzene rings is 1. The zero-order valence-corrected chi connectivity index (χ0v) is 14.4. The Bertz CT molecular complexity index is 259. The third-order valence-corrected chi connectivity index (χ3v) is 1.30. The number of ether oxygens (including phenoxy) is 1. The van der Waals surface area contributed by atoms with Gasteiger partial charge in [-0.05, 0) is 12.1 Å². The molecular formula is C9H14NO4Y2-. The summed E-state index contributed by atoms with van der Waals surface area (Å²) < 4.78 is 4.90. The van der Waals surface area contributed by atoms with Crippen molar-refractivity contribution in [3.05, 3.63) is 36.1 Å². The third kappa shape index (κ3) is 11.3. The van der Waals surface area contributed by atoms with Crippen LogP contribution in [0.1, 0.15) is 6.42 Å². The van der Waals surface area contributed by atoms with E-state index in [0.717, 1.165) is 0 Å². The molecule has 7 heteroatoms. The van der Waals surface area contributed by atoms with Gasteiger partial charge in [-0.15, -0.1) is 6.54 Å². The first-order valence-corrected chi connectivity index (χ1v) is 3.73. The van der Waals surface area contributed by atoms with Gasteiger partial charge in [0.05, 0.1) is 0 Å². The van der Waals surface area contributed by atoms with E-state index in [0.29, 0.717) is 5.75 Å². The van der Waals surface area contributed by atoms with Crippen LogP contribution in [0.4, 0.5) is 0 Å². The average molecular weight is 378 g/mol. The Hall–Kier alpha value is 0.778. The van der Waals surface area contributed by atoms with Crippen molar-refractivity contribution in [2.45, 2.75) is 6.42 Å². The number of hydrogen-bond acceptors (Lipinski definition) is 2. The molecule has 0 atom stereocenters. The van der Waals surface area contributed by atoms with Crippen LogP contribution in [0.25, 0.3) is 5.73 Å². The molecule has 0 heterocycles. The summed E-state index contributed by atoms with van der Waals surface area (Å²) in [6.45, 7) is 0.0751. The number of hydrogen-bond donors (Lipinski definition) is 0. The third-order valence-electron chi connectivity index (χ3n) is 1.30. The predicted octanol–water partition coefficient (Wildman–Crippen LogP) is 0.380. The molecule has 0 fully saturated rings. The summed E-state index contributed by atoms with van der Waals surface area (Å²) in [5.74, 6) is 0.187. The monoisotopic (exact) mass is 378 g/mol. The molecule has 5 nitrogen and oxygen atoms in total. The Morgan fingerprint density at radius 3 is 2.06 bits per heavy atom. The minimum Gasteiger partial charge on any atom is -0.677 e. The van der Waals surface area contributed by atoms with Crippen LogP contribution in [0, 0.1) is 0 Å². The number of para-hydroxylation sites is 1. The molecule has 1 aromatic carbocycles. The Labute approximate surface area is 145 Å². The van der Waals surface area contributed by atoms with E-state index in [4.69, 9.17) is 10.5 Å². The van der Waals surface area contributed by atoms with Gasteiger partial charge in [-0.2, -0.15) is 0 Å². The molecule has 1 aromatic rings. The van der Waals surface area contributed by atoms with Gasteiger partial charge in [-0.25, -0.2) is 0 Å². The van der Waals surface area contributed by atoms with Gasteiger partial charge < -0.3 is 21.4 Å². The van der Waals surface area contributed by atoms with Crippen LogP contribution < -0.4 is 4.74 Å². The Balaban J connectivity index is -0.000000180. The van der Waals surface area contributed by atoms with E-state index >= 15 is 0 Å². The van der Waals surface area contributed by atoms with E-state index in [-0.39, 0.29) is 95.3 Å². The molecule has 0 amide bonds. The summed E-state index contributed by atoms with van der Waals surface area (Å²) >= 11 is 0. The van der Waals surface area contributed by atoms with Crippen LogP contribution in [-0.4, -0.2) is 23.5 Å². The number of carbonyl (C=O) groups is 1. The normalized spacial score (nSPS) is 7.06. The van der Waals surface area contributed by atoms with Crippen LogP contribution in [0.15, 0.2) is 30.3 Å². The predicted molar refractivity (Wildman–Crippen MR) is 53.1 cm³/mol. The zero-order valence-electron chi connectivity index (χ0n) is 8.77. The van der Waals surface area contributed by atoms with Crippen molar-refractivity contribution >= 4 is 5.97 Å². The van der Waals surface area contributed by atoms with Gasteiger partial charge in [-0.3, -0.25) is 4.79 Å². The molecule has 5 N–H and O–H groups in total. The first-order valence-electron chi connectivity index (χ1n) is 3.73. The second-order valence-corrected chi connectivity index (χ2v) is 2.29. The van der Waals surface area contributed by atoms with E-state index in [1.165, 1.54) is 0 Å². The SMILES string of the molecule is O.O.[NH-]CCC(=O)Oc1ccccc1.[Y].[Y]. The van der Waals surface area contributed by atoms with Crippen LogP contribution in [0.2, 0.25) is 0 Å². The molecule has 0 saturated carbocycles. The fourth-order valence-corrected chi connectivity index (χ4v) is 0.773. The van der Waals surface area contributed by atoms with Crippen molar-refractivity contribution in [3.8, 4) is 5.75 Å². The average Bonchev–Trinajstić information content (AvgIpc) is 2.06. The van der Waals surface area contributed by atoms with Gasteiger partial charge in [0, 0.05) is 71.8 Å². The molecule has 0 aliphatic rings. The molecule has 0 spiro atoms. The van der Waals surface area contributed by atoms with Gasteiger partial charge in [0.15, 0.2) is 0 Å². The van der Waals surface area contributed by atoms with Crippen LogP contribution in [0.5, 0.6) is 5.75 Å². The van der Waals surface area contributed by atoms with Crippen molar-refractivity contribution < 1.29 is 85.9 Å². The topological polar surface area (TPSA) is 113 Å². The van der Waals surface area contributed by atoms with Crippen LogP contribution >= 0.6 is 0 Å². The summed E-state index contributed by atoms with van der Waals surface area (Å²) in [5.41, 5.74) is 6.80. The largest absolute Gasteiger partial charge is 0.677 e. The smallest absolute Gasteiger partial charge is 0.309 e. The van der Waals surface area contributed by atoms with Crippen molar-refractivity contribution in [1.82, 2.24) is 0 Å².